The number of rotatable bonds is 10. The Hall–Kier alpha value is -1.63. The molecule has 0 saturated heterocycles. The summed E-state index contributed by atoms with van der Waals surface area (Å²) in [6, 6.07) is -0.328. The fraction of sp³-hybridized carbons (Fsp3) is 0.750. The van der Waals surface area contributed by atoms with E-state index >= 15 is 0 Å². The molecule has 0 aromatic heterocycles. The monoisotopic (exact) mass is 276 g/mol. The van der Waals surface area contributed by atoms with E-state index in [1.807, 2.05) is 0 Å². The van der Waals surface area contributed by atoms with Crippen molar-refractivity contribution in [3.8, 4) is 0 Å². The van der Waals surface area contributed by atoms with E-state index in [4.69, 9.17) is 5.11 Å². The molecule has 0 rings (SSSR count). The minimum Gasteiger partial charge on any atom is -0.481 e. The van der Waals surface area contributed by atoms with Crippen LogP contribution in [-0.2, 0) is 14.4 Å². The average Bonchev–Trinajstić information content (AvgIpc) is 2.32. The van der Waals surface area contributed by atoms with Crippen molar-refractivity contribution in [3.05, 3.63) is 0 Å². The smallest absolute Gasteiger partial charge is 0.305 e. The molecule has 0 aliphatic rings. The molecule has 2 amide bonds. The van der Waals surface area contributed by atoms with Crippen LogP contribution in [0.15, 0.2) is 0 Å². The number of likely N-dealkylation sites (N-methyl/N-ethyl adjacent to an activating group) is 1. The molecule has 0 spiro atoms. The molecule has 110 valence electrons. The Labute approximate surface area is 113 Å². The lowest BCUT2D eigenvalue weighted by Crippen LogP contribution is -2.43. The highest BCUT2D eigenvalue weighted by Gasteiger charge is 2.15. The standard InChI is InChI=1S/C12H23N3O4/c1-9(16)14-7-4-3-5-10(13-2)12(19)15-8-6-11(17)18/h10,13H,3-8H2,1-2H3,(H,14,16)(H,15,19)(H,17,18)/i2+1,8+1,15+1. The molecule has 7 heteroatoms. The van der Waals surface area contributed by atoms with Crippen molar-refractivity contribution in [2.45, 2.75) is 38.6 Å². The number of aliphatic carboxylic acids is 1. The molecule has 19 heavy (non-hydrogen) atoms. The molecular formula is C12H23N3O4. The number of amides is 2. The van der Waals surface area contributed by atoms with Crippen LogP contribution >= 0.6 is 0 Å². The summed E-state index contributed by atoms with van der Waals surface area (Å²) in [4.78, 5) is 32.7. The number of hydrogen-bond acceptors (Lipinski definition) is 4. The molecule has 7 nitrogen and oxygen atoms in total. The normalized spacial score (nSPS) is 11.7. The van der Waals surface area contributed by atoms with E-state index in [1.165, 1.54) is 6.92 Å². The van der Waals surface area contributed by atoms with Crippen LogP contribution in [0.2, 0.25) is 0 Å². The molecule has 0 aliphatic carbocycles. The van der Waals surface area contributed by atoms with Crippen LogP contribution in [-0.4, -0.2) is 49.1 Å². The second-order valence-corrected chi connectivity index (χ2v) is 4.25. The zero-order chi connectivity index (χ0) is 14.7. The van der Waals surface area contributed by atoms with Crippen LogP contribution < -0.4 is 16.0 Å². The second kappa shape index (κ2) is 10.3. The largest absolute Gasteiger partial charge is 0.481 e. The highest BCUT2D eigenvalue weighted by molar-refractivity contribution is 5.82. The molecule has 1 atom stereocenters. The Morgan fingerprint density at radius 1 is 1.11 bits per heavy atom. The number of carbonyl (C=O) groups excluding carboxylic acids is 2. The Morgan fingerprint density at radius 3 is 2.32 bits per heavy atom. The van der Waals surface area contributed by atoms with E-state index < -0.39 is 5.97 Å². The van der Waals surface area contributed by atoms with Crippen molar-refractivity contribution in [3.63, 3.8) is 0 Å². The fourth-order valence-corrected chi connectivity index (χ4v) is 1.56. The first-order valence-corrected chi connectivity index (χ1v) is 6.38. The fourth-order valence-electron chi connectivity index (χ4n) is 1.56. The molecule has 0 saturated carbocycles. The Kier molecular flexibility index (Phi) is 9.42. The number of carbonyl (C=O) groups is 3. The summed E-state index contributed by atoms with van der Waals surface area (Å²) >= 11 is 0. The van der Waals surface area contributed by atoms with Crippen molar-refractivity contribution in [1.82, 2.24) is 16.0 Å². The highest BCUT2D eigenvalue weighted by atomic mass is 16.4. The number of carboxylic acid groups (broad SMARTS) is 1. The van der Waals surface area contributed by atoms with Gasteiger partial charge in [0.1, 0.15) is 0 Å². The maximum absolute atomic E-state index is 11.7. The lowest BCUT2D eigenvalue weighted by atomic mass is 10.1. The third-order valence-electron chi connectivity index (χ3n) is 2.60. The summed E-state index contributed by atoms with van der Waals surface area (Å²) in [6.45, 7) is 2.21. The van der Waals surface area contributed by atoms with Gasteiger partial charge in [-0.3, -0.25) is 14.4 Å². The maximum atomic E-state index is 11.7. The Balaban J connectivity index is 3.76. The highest BCUT2D eigenvalue weighted by Crippen LogP contribution is 2.00. The van der Waals surface area contributed by atoms with Gasteiger partial charge in [0.25, 0.3) is 0 Å². The Morgan fingerprint density at radius 2 is 1.79 bits per heavy atom. The molecule has 0 aromatic rings. The van der Waals surface area contributed by atoms with Gasteiger partial charge in [0.2, 0.25) is 11.8 Å². The lowest BCUT2D eigenvalue weighted by Gasteiger charge is -2.15. The van der Waals surface area contributed by atoms with E-state index in [9.17, 15) is 14.4 Å². The van der Waals surface area contributed by atoms with Crippen molar-refractivity contribution in [2.75, 3.05) is 20.1 Å². The zero-order valence-electron chi connectivity index (χ0n) is 11.5. The van der Waals surface area contributed by atoms with Gasteiger partial charge in [-0.05, 0) is 26.3 Å². The maximum Gasteiger partial charge on any atom is 0.305 e. The molecule has 0 aromatic carbocycles. The summed E-state index contributed by atoms with van der Waals surface area (Å²) in [5.74, 6) is -1.18. The van der Waals surface area contributed by atoms with E-state index in [0.29, 0.717) is 13.0 Å². The predicted octanol–water partition coefficient (Wildman–Crippen LogP) is -0.528. The van der Waals surface area contributed by atoms with Gasteiger partial charge >= 0.3 is 5.97 Å². The summed E-state index contributed by atoms with van der Waals surface area (Å²) in [6.07, 6.45) is 2.18. The minimum absolute atomic E-state index is 0.0587. The predicted molar refractivity (Wildman–Crippen MR) is 70.6 cm³/mol. The van der Waals surface area contributed by atoms with E-state index in [2.05, 4.69) is 16.0 Å². The number of unbranched alkanes of at least 4 members (excludes halogenated alkanes) is 1. The minimum atomic E-state index is -0.934. The quantitative estimate of drug-likeness (QED) is 0.244. The number of hydrogen-bond donors (Lipinski definition) is 4. The Bertz CT molecular complexity index is 307. The molecule has 0 bridgehead atoms. The first kappa shape index (κ1) is 17.4. The molecule has 0 fully saturated rings. The van der Waals surface area contributed by atoms with Crippen LogP contribution in [0.25, 0.3) is 0 Å². The molecular weight excluding hydrogens is 253 g/mol. The first-order chi connectivity index (χ1) is 8.97. The van der Waals surface area contributed by atoms with Gasteiger partial charge in [0.05, 0.1) is 12.5 Å². The number of nitrogens with one attached hydrogen (secondary N) is 3. The van der Waals surface area contributed by atoms with Gasteiger partial charge in [-0.1, -0.05) is 0 Å². The van der Waals surface area contributed by atoms with E-state index in [-0.39, 0.29) is 30.8 Å². The molecule has 0 radical (unpaired) electrons. The van der Waals surface area contributed by atoms with Gasteiger partial charge in [-0.15, -0.1) is 0 Å². The van der Waals surface area contributed by atoms with Gasteiger partial charge in [-0.25, -0.2) is 0 Å². The van der Waals surface area contributed by atoms with E-state index in [0.717, 1.165) is 12.8 Å². The van der Waals surface area contributed by atoms with Gasteiger partial charge < -0.3 is 21.1 Å². The van der Waals surface area contributed by atoms with Crippen molar-refractivity contribution in [1.29, 1.82) is 0 Å². The van der Waals surface area contributed by atoms with Crippen molar-refractivity contribution < 1.29 is 19.5 Å². The van der Waals surface area contributed by atoms with Crippen molar-refractivity contribution >= 4 is 17.8 Å². The lowest BCUT2D eigenvalue weighted by molar-refractivity contribution is -0.137. The average molecular weight is 276 g/mol. The topological polar surface area (TPSA) is 108 Å². The second-order valence-electron chi connectivity index (χ2n) is 4.25. The first-order valence-electron chi connectivity index (χ1n) is 6.38. The van der Waals surface area contributed by atoms with Gasteiger partial charge in [0.15, 0.2) is 0 Å². The van der Waals surface area contributed by atoms with Gasteiger partial charge in [-0.2, -0.15) is 0 Å². The summed E-state index contributed by atoms with van der Waals surface area (Å²) in [7, 11) is 1.69. The molecule has 0 aliphatic heterocycles. The third-order valence-corrected chi connectivity index (χ3v) is 2.60. The molecule has 4 N–H and O–H groups in total. The van der Waals surface area contributed by atoms with Gasteiger partial charge in [0, 0.05) is 20.0 Å². The van der Waals surface area contributed by atoms with E-state index in [1.54, 1.807) is 7.05 Å². The summed E-state index contributed by atoms with van der Waals surface area (Å²) in [5, 5.41) is 16.6. The van der Waals surface area contributed by atoms with Crippen molar-refractivity contribution in [2.24, 2.45) is 0 Å². The zero-order valence-corrected chi connectivity index (χ0v) is 11.5. The summed E-state index contributed by atoms with van der Waals surface area (Å²) < 4.78 is 0. The third kappa shape index (κ3) is 10.0. The van der Waals surface area contributed by atoms with Crippen LogP contribution in [0.1, 0.15) is 32.6 Å². The SMILES string of the molecule is CC(=O)NCCCCC(N[13CH3])C(=O)[15NH][13CH2]CC(=O)O. The van der Waals surface area contributed by atoms with Crippen LogP contribution in [0.5, 0.6) is 0 Å². The number of carboxylic acids is 1. The van der Waals surface area contributed by atoms with Crippen LogP contribution in [0.4, 0.5) is 0 Å². The van der Waals surface area contributed by atoms with Crippen LogP contribution in [0, 0.1) is 0 Å². The summed E-state index contributed by atoms with van der Waals surface area (Å²) in [5.41, 5.74) is 0. The molecule has 0 heterocycles. The molecule has 1 unspecified atom stereocenters. The van der Waals surface area contributed by atoms with Crippen LogP contribution in [0.3, 0.4) is 0 Å².